The van der Waals surface area contributed by atoms with Crippen molar-refractivity contribution in [3.05, 3.63) is 105 Å². The fourth-order valence-electron chi connectivity index (χ4n) is 4.15. The van der Waals surface area contributed by atoms with E-state index in [4.69, 9.17) is 11.6 Å². The monoisotopic (exact) mass is 586 g/mol. The van der Waals surface area contributed by atoms with Gasteiger partial charge in [0.05, 0.1) is 23.1 Å². The van der Waals surface area contributed by atoms with E-state index in [0.29, 0.717) is 33.7 Å². The van der Waals surface area contributed by atoms with E-state index in [9.17, 15) is 14.4 Å². The van der Waals surface area contributed by atoms with Crippen molar-refractivity contribution in [2.24, 2.45) is 5.41 Å². The summed E-state index contributed by atoms with van der Waals surface area (Å²) >= 11 is 7.53. The summed E-state index contributed by atoms with van der Waals surface area (Å²) in [6, 6.07) is 17.3. The molecule has 208 valence electrons. The molecule has 0 atom stereocenters. The van der Waals surface area contributed by atoms with E-state index in [1.54, 1.807) is 48.8 Å². The molecule has 0 saturated carbocycles. The Morgan fingerprint density at radius 2 is 1.83 bits per heavy atom. The minimum absolute atomic E-state index is 0.239. The molecule has 0 bridgehead atoms. The fraction of sp³-hybridized carbons (Fsp3) is 0.200. The van der Waals surface area contributed by atoms with Crippen molar-refractivity contribution < 1.29 is 9.59 Å². The summed E-state index contributed by atoms with van der Waals surface area (Å²) in [4.78, 5) is 49.4. The Hall–Kier alpha value is -4.41. The zero-order valence-electron chi connectivity index (χ0n) is 22.7. The van der Waals surface area contributed by atoms with Crippen molar-refractivity contribution in [2.45, 2.75) is 33.9 Å². The van der Waals surface area contributed by atoms with Crippen LogP contribution in [0.5, 0.6) is 0 Å². The Labute approximate surface area is 245 Å². The highest BCUT2D eigenvalue weighted by atomic mass is 35.5. The molecule has 9 nitrogen and oxygen atoms in total. The molecule has 0 unspecified atom stereocenters. The van der Waals surface area contributed by atoms with Gasteiger partial charge in [0.1, 0.15) is 17.2 Å². The van der Waals surface area contributed by atoms with E-state index >= 15 is 0 Å². The van der Waals surface area contributed by atoms with Crippen LogP contribution in [0.1, 0.15) is 40.9 Å². The van der Waals surface area contributed by atoms with Gasteiger partial charge >= 0.3 is 0 Å². The SMILES string of the molecule is CC(C)(C)C(=O)n1nc(-c2cc(-c3cccnc3)cc(=O)n2CC(=O)c2ccccn2)cc1NCc1ccc(Cl)s1. The molecular weight excluding hydrogens is 560 g/mol. The van der Waals surface area contributed by atoms with Crippen molar-refractivity contribution in [3.8, 4) is 22.5 Å². The van der Waals surface area contributed by atoms with Crippen LogP contribution in [-0.4, -0.2) is 36.0 Å². The molecule has 0 aliphatic rings. The van der Waals surface area contributed by atoms with Gasteiger partial charge in [-0.25, -0.2) is 0 Å². The normalized spacial score (nSPS) is 11.4. The number of halogens is 1. The molecule has 11 heteroatoms. The predicted octanol–water partition coefficient (Wildman–Crippen LogP) is 6.07. The van der Waals surface area contributed by atoms with E-state index in [1.807, 2.05) is 39.0 Å². The van der Waals surface area contributed by atoms with Crippen molar-refractivity contribution in [1.29, 1.82) is 0 Å². The van der Waals surface area contributed by atoms with E-state index in [0.717, 1.165) is 10.4 Å². The number of thiophene rings is 1. The van der Waals surface area contributed by atoms with Gasteiger partial charge in [-0.15, -0.1) is 11.3 Å². The van der Waals surface area contributed by atoms with Gasteiger partial charge in [-0.3, -0.25) is 28.9 Å². The number of carbonyl (C=O) groups excluding carboxylic acids is 2. The maximum atomic E-state index is 13.5. The molecule has 0 aliphatic carbocycles. The maximum absolute atomic E-state index is 13.5. The Balaban J connectivity index is 1.64. The molecule has 1 N–H and O–H groups in total. The van der Waals surface area contributed by atoms with Gasteiger partial charge in [-0.2, -0.15) is 9.78 Å². The molecule has 5 heterocycles. The molecule has 5 rings (SSSR count). The van der Waals surface area contributed by atoms with E-state index in [-0.39, 0.29) is 23.9 Å². The van der Waals surface area contributed by atoms with Crippen molar-refractivity contribution >= 4 is 40.4 Å². The molecule has 5 aromatic rings. The highest BCUT2D eigenvalue weighted by Crippen LogP contribution is 2.29. The first-order valence-corrected chi connectivity index (χ1v) is 14.0. The number of hydrogen-bond donors (Lipinski definition) is 1. The van der Waals surface area contributed by atoms with E-state index < -0.39 is 11.0 Å². The lowest BCUT2D eigenvalue weighted by Crippen LogP contribution is -2.29. The van der Waals surface area contributed by atoms with Crippen LogP contribution >= 0.6 is 22.9 Å². The fourth-order valence-corrected chi connectivity index (χ4v) is 5.18. The lowest BCUT2D eigenvalue weighted by molar-refractivity contribution is 0.0752. The molecule has 0 spiro atoms. The number of hydrogen-bond acceptors (Lipinski definition) is 8. The molecule has 0 aromatic carbocycles. The summed E-state index contributed by atoms with van der Waals surface area (Å²) in [5.41, 5.74) is 1.18. The second-order valence-electron chi connectivity index (χ2n) is 10.4. The summed E-state index contributed by atoms with van der Waals surface area (Å²) in [5, 5.41) is 7.95. The predicted molar refractivity (Wildman–Crippen MR) is 160 cm³/mol. The van der Waals surface area contributed by atoms with Crippen LogP contribution < -0.4 is 10.9 Å². The average molecular weight is 587 g/mol. The summed E-state index contributed by atoms with van der Waals surface area (Å²) in [6.07, 6.45) is 4.83. The number of aromatic nitrogens is 5. The highest BCUT2D eigenvalue weighted by Gasteiger charge is 2.28. The number of nitrogens with one attached hydrogen (secondary N) is 1. The first-order valence-electron chi connectivity index (χ1n) is 12.8. The first kappa shape index (κ1) is 28.1. The topological polar surface area (TPSA) is 112 Å². The third-order valence-electron chi connectivity index (χ3n) is 6.25. The minimum atomic E-state index is -0.738. The summed E-state index contributed by atoms with van der Waals surface area (Å²) in [7, 11) is 0. The number of rotatable bonds is 8. The Kier molecular flexibility index (Phi) is 7.96. The molecular formula is C30H27ClN6O3S. The van der Waals surface area contributed by atoms with Gasteiger partial charge in [0, 0.05) is 46.6 Å². The van der Waals surface area contributed by atoms with E-state index in [2.05, 4.69) is 20.4 Å². The van der Waals surface area contributed by atoms with Gasteiger partial charge in [0.2, 0.25) is 5.78 Å². The Bertz CT molecular complexity index is 1770. The molecule has 0 saturated heterocycles. The summed E-state index contributed by atoms with van der Waals surface area (Å²) in [5.74, 6) is -0.121. The lowest BCUT2D eigenvalue weighted by Gasteiger charge is -2.18. The van der Waals surface area contributed by atoms with Gasteiger partial charge in [0.25, 0.3) is 11.5 Å². The smallest absolute Gasteiger partial charge is 0.254 e. The molecule has 5 aromatic heterocycles. The molecule has 0 radical (unpaired) electrons. The minimum Gasteiger partial charge on any atom is -0.365 e. The number of carbonyl (C=O) groups is 2. The van der Waals surface area contributed by atoms with Crippen LogP contribution in [0.3, 0.4) is 0 Å². The highest BCUT2D eigenvalue weighted by molar-refractivity contribution is 7.16. The first-order chi connectivity index (χ1) is 19.6. The van der Waals surface area contributed by atoms with Crippen molar-refractivity contribution in [2.75, 3.05) is 5.32 Å². The van der Waals surface area contributed by atoms with Crippen LogP contribution in [0, 0.1) is 5.41 Å². The zero-order valence-corrected chi connectivity index (χ0v) is 24.2. The van der Waals surface area contributed by atoms with E-state index in [1.165, 1.54) is 32.8 Å². The number of pyridine rings is 3. The van der Waals surface area contributed by atoms with Gasteiger partial charge < -0.3 is 5.32 Å². The Morgan fingerprint density at radius 3 is 2.49 bits per heavy atom. The van der Waals surface area contributed by atoms with Crippen LogP contribution in [0.15, 0.2) is 84.0 Å². The van der Waals surface area contributed by atoms with Gasteiger partial charge in [0.15, 0.2) is 0 Å². The third-order valence-corrected chi connectivity index (χ3v) is 7.48. The van der Waals surface area contributed by atoms with Gasteiger partial charge in [-0.05, 0) is 42.0 Å². The third kappa shape index (κ3) is 6.34. The van der Waals surface area contributed by atoms with Crippen molar-refractivity contribution in [3.63, 3.8) is 0 Å². The number of ketones is 1. The molecule has 41 heavy (non-hydrogen) atoms. The maximum Gasteiger partial charge on any atom is 0.254 e. The zero-order chi connectivity index (χ0) is 29.1. The average Bonchev–Trinajstić information content (AvgIpc) is 3.58. The quantitative estimate of drug-likeness (QED) is 0.220. The molecule has 0 fully saturated rings. The number of Topliss-reactive ketones (excluding diaryl/α,β-unsaturated/α-hetero) is 1. The standard InChI is InChI=1S/C30H27ClN6O3S/c1-30(2,3)29(40)37-27(34-17-21-9-10-26(31)41-21)15-23(35-37)24-13-20(19-7-6-11-32-16-19)14-28(39)36(24)18-25(38)22-8-4-5-12-33-22/h4-16,34H,17-18H2,1-3H3. The van der Waals surface area contributed by atoms with Crippen LogP contribution in [0.25, 0.3) is 22.5 Å². The second-order valence-corrected chi connectivity index (χ2v) is 12.2. The van der Waals surface area contributed by atoms with Crippen LogP contribution in [0.2, 0.25) is 4.34 Å². The van der Waals surface area contributed by atoms with Crippen LogP contribution in [0.4, 0.5) is 5.82 Å². The Morgan fingerprint density at radius 1 is 1.00 bits per heavy atom. The summed E-state index contributed by atoms with van der Waals surface area (Å²) < 4.78 is 3.33. The van der Waals surface area contributed by atoms with Crippen LogP contribution in [-0.2, 0) is 13.1 Å². The molecule has 0 amide bonds. The lowest BCUT2D eigenvalue weighted by atomic mass is 9.96. The largest absolute Gasteiger partial charge is 0.365 e. The second kappa shape index (κ2) is 11.6. The molecule has 0 aliphatic heterocycles. The summed E-state index contributed by atoms with van der Waals surface area (Å²) in [6.45, 7) is 5.59. The number of anilines is 1. The van der Waals surface area contributed by atoms with Crippen molar-refractivity contribution in [1.82, 2.24) is 24.3 Å². The van der Waals surface area contributed by atoms with Gasteiger partial charge in [-0.1, -0.05) is 44.5 Å². The number of nitrogens with zero attached hydrogens (tertiary/aromatic N) is 5.